The predicted octanol–water partition coefficient (Wildman–Crippen LogP) is -0.517. The molecule has 0 unspecified atom stereocenters. The van der Waals surface area contributed by atoms with Crippen LogP contribution in [-0.2, 0) is 11.3 Å². The molecule has 0 saturated carbocycles. The third kappa shape index (κ3) is 3.41. The maximum absolute atomic E-state index is 11.8. The Morgan fingerprint density at radius 2 is 2.37 bits per heavy atom. The zero-order valence-electron chi connectivity index (χ0n) is 9.88. The molecule has 0 bridgehead atoms. The van der Waals surface area contributed by atoms with E-state index in [2.05, 4.69) is 15.6 Å². The number of rotatable bonds is 3. The zero-order chi connectivity index (χ0) is 13.8. The Balaban J connectivity index is 1.85. The molecule has 102 valence electrons. The first-order valence-corrected chi connectivity index (χ1v) is 6.41. The zero-order valence-corrected chi connectivity index (χ0v) is 10.7. The van der Waals surface area contributed by atoms with Gasteiger partial charge in [0.2, 0.25) is 5.91 Å². The second kappa shape index (κ2) is 5.65. The molecule has 0 radical (unpaired) electrons. The summed E-state index contributed by atoms with van der Waals surface area (Å²) in [6.45, 7) is 1.07. The molecule has 1 aromatic rings. The smallest absolute Gasteiger partial charge is 0.355 e. The Bertz CT molecular complexity index is 515. The lowest BCUT2D eigenvalue weighted by atomic mass is 10.4. The maximum Gasteiger partial charge on any atom is 0.355 e. The van der Waals surface area contributed by atoms with Crippen molar-refractivity contribution in [2.24, 2.45) is 0 Å². The number of hydrogen-bond donors (Lipinski definition) is 3. The van der Waals surface area contributed by atoms with Gasteiger partial charge in [0, 0.05) is 18.5 Å². The average molecular weight is 284 g/mol. The molecule has 1 aliphatic heterocycles. The van der Waals surface area contributed by atoms with E-state index in [1.165, 1.54) is 10.3 Å². The summed E-state index contributed by atoms with van der Waals surface area (Å²) in [5.41, 5.74) is -0.0356. The van der Waals surface area contributed by atoms with Crippen LogP contribution >= 0.6 is 11.3 Å². The van der Waals surface area contributed by atoms with Crippen molar-refractivity contribution in [1.29, 1.82) is 0 Å². The summed E-state index contributed by atoms with van der Waals surface area (Å²) in [4.78, 5) is 38.8. The first kappa shape index (κ1) is 13.3. The average Bonchev–Trinajstić information content (AvgIpc) is 2.85. The number of hydrogen-bond acceptors (Lipinski definition) is 5. The highest BCUT2D eigenvalue weighted by Gasteiger charge is 2.21. The van der Waals surface area contributed by atoms with Gasteiger partial charge in [0.25, 0.3) is 0 Å². The summed E-state index contributed by atoms with van der Waals surface area (Å²) in [5.74, 6) is -1.29. The summed E-state index contributed by atoms with van der Waals surface area (Å²) >= 11 is 1.16. The normalized spacial score (nSPS) is 14.9. The van der Waals surface area contributed by atoms with E-state index >= 15 is 0 Å². The van der Waals surface area contributed by atoms with E-state index in [9.17, 15) is 14.4 Å². The number of nitrogens with one attached hydrogen (secondary N) is 2. The van der Waals surface area contributed by atoms with Gasteiger partial charge in [-0.1, -0.05) is 0 Å². The van der Waals surface area contributed by atoms with Crippen LogP contribution in [0.15, 0.2) is 5.38 Å². The molecule has 1 saturated heterocycles. The molecule has 9 heteroatoms. The van der Waals surface area contributed by atoms with Crippen molar-refractivity contribution in [1.82, 2.24) is 20.5 Å². The number of thiazole rings is 1. The Kier molecular flexibility index (Phi) is 3.95. The molecule has 0 aromatic carbocycles. The van der Waals surface area contributed by atoms with Gasteiger partial charge in [0.05, 0.1) is 6.54 Å². The largest absolute Gasteiger partial charge is 0.476 e. The Hall–Kier alpha value is -2.16. The van der Waals surface area contributed by atoms with Gasteiger partial charge in [-0.2, -0.15) is 0 Å². The van der Waals surface area contributed by atoms with E-state index in [-0.39, 0.29) is 30.7 Å². The molecule has 1 aromatic heterocycles. The van der Waals surface area contributed by atoms with Crippen LogP contribution < -0.4 is 10.6 Å². The van der Waals surface area contributed by atoms with Crippen LogP contribution in [0, 0.1) is 0 Å². The van der Waals surface area contributed by atoms with Crippen molar-refractivity contribution in [2.45, 2.75) is 6.54 Å². The van der Waals surface area contributed by atoms with Crippen LogP contribution in [0.4, 0.5) is 4.79 Å². The number of aromatic carboxylic acids is 1. The Morgan fingerprint density at radius 1 is 1.58 bits per heavy atom. The summed E-state index contributed by atoms with van der Waals surface area (Å²) in [7, 11) is 0. The molecule has 1 aliphatic rings. The monoisotopic (exact) mass is 284 g/mol. The lowest BCUT2D eigenvalue weighted by molar-refractivity contribution is -0.123. The molecule has 3 amide bonds. The molecular weight excluding hydrogens is 272 g/mol. The van der Waals surface area contributed by atoms with Crippen LogP contribution in [0.1, 0.15) is 15.5 Å². The number of piperazine rings is 1. The van der Waals surface area contributed by atoms with Crippen molar-refractivity contribution in [3.05, 3.63) is 16.1 Å². The number of nitrogens with zero attached hydrogens (tertiary/aromatic N) is 2. The molecule has 0 aliphatic carbocycles. The molecule has 2 rings (SSSR count). The topological polar surface area (TPSA) is 112 Å². The summed E-state index contributed by atoms with van der Waals surface area (Å²) in [6, 6.07) is -0.359. The number of carboxylic acids is 1. The fourth-order valence-corrected chi connectivity index (χ4v) is 2.27. The van der Waals surface area contributed by atoms with Gasteiger partial charge in [0.1, 0.15) is 11.6 Å². The van der Waals surface area contributed by atoms with Crippen molar-refractivity contribution >= 4 is 29.2 Å². The quantitative estimate of drug-likeness (QED) is 0.691. The van der Waals surface area contributed by atoms with Crippen molar-refractivity contribution < 1.29 is 19.5 Å². The highest BCUT2D eigenvalue weighted by Crippen LogP contribution is 2.09. The molecule has 3 N–H and O–H groups in total. The molecule has 0 spiro atoms. The van der Waals surface area contributed by atoms with Crippen LogP contribution in [0.2, 0.25) is 0 Å². The van der Waals surface area contributed by atoms with Gasteiger partial charge in [-0.15, -0.1) is 11.3 Å². The first-order chi connectivity index (χ1) is 9.06. The fourth-order valence-electron chi connectivity index (χ4n) is 1.57. The minimum atomic E-state index is -1.10. The third-order valence-electron chi connectivity index (χ3n) is 2.49. The second-order valence-corrected chi connectivity index (χ2v) is 4.80. The number of carboxylic acid groups (broad SMARTS) is 1. The van der Waals surface area contributed by atoms with E-state index in [0.29, 0.717) is 18.1 Å². The lowest BCUT2D eigenvalue weighted by Crippen LogP contribution is -2.52. The van der Waals surface area contributed by atoms with E-state index < -0.39 is 5.97 Å². The van der Waals surface area contributed by atoms with Gasteiger partial charge in [-0.05, 0) is 0 Å². The molecule has 0 atom stereocenters. The van der Waals surface area contributed by atoms with Crippen LogP contribution in [0.25, 0.3) is 0 Å². The van der Waals surface area contributed by atoms with Gasteiger partial charge in [-0.25, -0.2) is 14.6 Å². The minimum absolute atomic E-state index is 0.0318. The van der Waals surface area contributed by atoms with Gasteiger partial charge in [-0.3, -0.25) is 4.79 Å². The standard InChI is InChI=1S/C10H12N4O4S/c15-7-4-14(2-1-11-7)10(18)12-3-8-13-6(5-19-8)9(16)17/h5H,1-4H2,(H,11,15)(H,12,18)(H,16,17). The van der Waals surface area contributed by atoms with Crippen LogP contribution in [0.5, 0.6) is 0 Å². The molecule has 1 fully saturated rings. The molecule has 8 nitrogen and oxygen atoms in total. The predicted molar refractivity (Wildman–Crippen MR) is 65.9 cm³/mol. The van der Waals surface area contributed by atoms with E-state index in [1.54, 1.807) is 0 Å². The van der Waals surface area contributed by atoms with Crippen LogP contribution in [0.3, 0.4) is 0 Å². The Labute approximate surface area is 112 Å². The Morgan fingerprint density at radius 3 is 3.00 bits per heavy atom. The fraction of sp³-hybridized carbons (Fsp3) is 0.400. The molecule has 19 heavy (non-hydrogen) atoms. The highest BCUT2D eigenvalue weighted by atomic mass is 32.1. The third-order valence-corrected chi connectivity index (χ3v) is 3.34. The van der Waals surface area contributed by atoms with E-state index in [4.69, 9.17) is 5.11 Å². The molecular formula is C10H12N4O4S. The SMILES string of the molecule is O=C1CN(C(=O)NCc2nc(C(=O)O)cs2)CCN1. The van der Waals surface area contributed by atoms with Gasteiger partial charge < -0.3 is 20.6 Å². The summed E-state index contributed by atoms with van der Waals surface area (Å²) < 4.78 is 0. The lowest BCUT2D eigenvalue weighted by Gasteiger charge is -2.26. The summed E-state index contributed by atoms with van der Waals surface area (Å²) in [5, 5.41) is 15.9. The van der Waals surface area contributed by atoms with E-state index in [1.807, 2.05) is 0 Å². The first-order valence-electron chi connectivity index (χ1n) is 5.53. The number of urea groups is 1. The maximum atomic E-state index is 11.8. The van der Waals surface area contributed by atoms with Gasteiger partial charge >= 0.3 is 12.0 Å². The highest BCUT2D eigenvalue weighted by molar-refractivity contribution is 7.09. The van der Waals surface area contributed by atoms with Crippen molar-refractivity contribution in [3.63, 3.8) is 0 Å². The molecule has 2 heterocycles. The second-order valence-electron chi connectivity index (χ2n) is 3.86. The van der Waals surface area contributed by atoms with Gasteiger partial charge in [0.15, 0.2) is 5.69 Å². The number of amides is 3. The van der Waals surface area contributed by atoms with Crippen LogP contribution in [-0.4, -0.2) is 52.5 Å². The number of carbonyl (C=O) groups excluding carboxylic acids is 2. The minimum Gasteiger partial charge on any atom is -0.476 e. The van der Waals surface area contributed by atoms with E-state index in [0.717, 1.165) is 11.3 Å². The summed E-state index contributed by atoms with van der Waals surface area (Å²) in [6.07, 6.45) is 0. The number of carbonyl (C=O) groups is 3. The van der Waals surface area contributed by atoms with Crippen molar-refractivity contribution in [2.75, 3.05) is 19.6 Å². The number of aromatic nitrogens is 1. The van der Waals surface area contributed by atoms with Crippen molar-refractivity contribution in [3.8, 4) is 0 Å².